The van der Waals surface area contributed by atoms with Crippen LogP contribution in [0.2, 0.25) is 0 Å². The lowest BCUT2D eigenvalue weighted by Crippen LogP contribution is -2.38. The van der Waals surface area contributed by atoms with Crippen LogP contribution in [0.25, 0.3) is 0 Å². The second kappa shape index (κ2) is 4.08. The highest BCUT2D eigenvalue weighted by molar-refractivity contribution is 6.04. The van der Waals surface area contributed by atoms with Crippen molar-refractivity contribution in [3.63, 3.8) is 0 Å². The molecule has 0 aromatic heterocycles. The van der Waals surface area contributed by atoms with Crippen molar-refractivity contribution in [3.8, 4) is 0 Å². The standard InChI is InChI=1S/C8H11F3N2O2/c1-2-4(3-8(9,10)11)5-6(14)13-7(15)12-5/h4-5H,2-3H2,1H3,(H2,12,13,14,15). The van der Waals surface area contributed by atoms with Crippen LogP contribution >= 0.6 is 0 Å². The lowest BCUT2D eigenvalue weighted by atomic mass is 9.93. The van der Waals surface area contributed by atoms with Gasteiger partial charge >= 0.3 is 12.2 Å². The molecule has 2 unspecified atom stereocenters. The summed E-state index contributed by atoms with van der Waals surface area (Å²) in [5, 5.41) is 4.09. The Morgan fingerprint density at radius 1 is 1.40 bits per heavy atom. The average Bonchev–Trinajstić information content (AvgIpc) is 2.39. The molecule has 0 bridgehead atoms. The highest BCUT2D eigenvalue weighted by atomic mass is 19.4. The molecule has 1 aliphatic heterocycles. The maximum atomic E-state index is 12.1. The first-order chi connectivity index (χ1) is 6.83. The van der Waals surface area contributed by atoms with Crippen LogP contribution in [0.5, 0.6) is 0 Å². The number of alkyl halides is 3. The number of amides is 3. The summed E-state index contributed by atoms with van der Waals surface area (Å²) in [6, 6.07) is -1.80. The minimum atomic E-state index is -4.33. The zero-order chi connectivity index (χ0) is 11.6. The van der Waals surface area contributed by atoms with Crippen molar-refractivity contribution in [2.45, 2.75) is 32.0 Å². The van der Waals surface area contributed by atoms with Crippen LogP contribution in [0.4, 0.5) is 18.0 Å². The molecule has 0 aromatic carbocycles. The predicted molar refractivity (Wildman–Crippen MR) is 44.9 cm³/mol. The van der Waals surface area contributed by atoms with E-state index in [1.807, 2.05) is 5.32 Å². The molecule has 15 heavy (non-hydrogen) atoms. The molecule has 0 aromatic rings. The topological polar surface area (TPSA) is 58.2 Å². The van der Waals surface area contributed by atoms with E-state index in [1.165, 1.54) is 0 Å². The van der Waals surface area contributed by atoms with E-state index in [9.17, 15) is 22.8 Å². The van der Waals surface area contributed by atoms with Gasteiger partial charge in [0.1, 0.15) is 6.04 Å². The van der Waals surface area contributed by atoms with Gasteiger partial charge in [0.25, 0.3) is 5.91 Å². The summed E-state index contributed by atoms with van der Waals surface area (Å²) in [6.45, 7) is 1.55. The number of halogens is 3. The first-order valence-corrected chi connectivity index (χ1v) is 4.51. The molecule has 0 spiro atoms. The highest BCUT2D eigenvalue weighted by Crippen LogP contribution is 2.29. The normalized spacial score (nSPS) is 23.6. The number of carbonyl (C=O) groups is 2. The van der Waals surface area contributed by atoms with Crippen molar-refractivity contribution in [2.75, 3.05) is 0 Å². The van der Waals surface area contributed by atoms with Crippen molar-refractivity contribution < 1.29 is 22.8 Å². The molecule has 1 fully saturated rings. The molecule has 1 saturated heterocycles. The summed E-state index contributed by atoms with van der Waals surface area (Å²) in [5.41, 5.74) is 0. The Labute approximate surface area is 84.2 Å². The van der Waals surface area contributed by atoms with Gasteiger partial charge in [0.05, 0.1) is 0 Å². The lowest BCUT2D eigenvalue weighted by molar-refractivity contribution is -0.148. The fraction of sp³-hybridized carbons (Fsp3) is 0.750. The quantitative estimate of drug-likeness (QED) is 0.707. The molecule has 1 aliphatic rings. The van der Waals surface area contributed by atoms with E-state index in [-0.39, 0.29) is 6.42 Å². The summed E-state index contributed by atoms with van der Waals surface area (Å²) < 4.78 is 36.4. The third-order valence-electron chi connectivity index (χ3n) is 2.30. The van der Waals surface area contributed by atoms with Crippen molar-refractivity contribution in [2.24, 2.45) is 5.92 Å². The van der Waals surface area contributed by atoms with Crippen LogP contribution in [-0.4, -0.2) is 24.2 Å². The van der Waals surface area contributed by atoms with Gasteiger partial charge in [-0.25, -0.2) is 4.79 Å². The van der Waals surface area contributed by atoms with Gasteiger partial charge < -0.3 is 5.32 Å². The molecule has 0 radical (unpaired) electrons. The summed E-state index contributed by atoms with van der Waals surface area (Å²) in [6.07, 6.45) is -5.21. The zero-order valence-corrected chi connectivity index (χ0v) is 8.02. The van der Waals surface area contributed by atoms with Crippen LogP contribution < -0.4 is 10.6 Å². The van der Waals surface area contributed by atoms with Gasteiger partial charge in [0.2, 0.25) is 0 Å². The minimum Gasteiger partial charge on any atom is -0.326 e. The van der Waals surface area contributed by atoms with Gasteiger partial charge in [-0.1, -0.05) is 13.3 Å². The van der Waals surface area contributed by atoms with E-state index < -0.39 is 36.5 Å². The lowest BCUT2D eigenvalue weighted by Gasteiger charge is -2.20. The van der Waals surface area contributed by atoms with E-state index in [2.05, 4.69) is 5.32 Å². The van der Waals surface area contributed by atoms with Crippen LogP contribution in [0.3, 0.4) is 0 Å². The van der Waals surface area contributed by atoms with Gasteiger partial charge in [-0.15, -0.1) is 0 Å². The van der Waals surface area contributed by atoms with Crippen LogP contribution in [0.15, 0.2) is 0 Å². The average molecular weight is 224 g/mol. The fourth-order valence-electron chi connectivity index (χ4n) is 1.56. The fourth-order valence-corrected chi connectivity index (χ4v) is 1.56. The summed E-state index contributed by atoms with van der Waals surface area (Å²) >= 11 is 0. The molecule has 4 nitrogen and oxygen atoms in total. The van der Waals surface area contributed by atoms with Gasteiger partial charge in [-0.3, -0.25) is 10.1 Å². The Hall–Kier alpha value is -1.27. The second-order valence-corrected chi connectivity index (χ2v) is 3.43. The van der Waals surface area contributed by atoms with E-state index in [4.69, 9.17) is 0 Å². The Bertz CT molecular complexity index is 278. The zero-order valence-electron chi connectivity index (χ0n) is 8.02. The van der Waals surface area contributed by atoms with E-state index in [0.29, 0.717) is 0 Å². The van der Waals surface area contributed by atoms with Gasteiger partial charge in [-0.2, -0.15) is 13.2 Å². The molecule has 0 saturated carbocycles. The minimum absolute atomic E-state index is 0.178. The monoisotopic (exact) mass is 224 g/mol. The molecule has 0 aliphatic carbocycles. The number of nitrogens with one attached hydrogen (secondary N) is 2. The number of imide groups is 1. The Morgan fingerprint density at radius 3 is 2.33 bits per heavy atom. The van der Waals surface area contributed by atoms with E-state index >= 15 is 0 Å². The SMILES string of the molecule is CCC(CC(F)(F)F)C1NC(=O)NC1=O. The maximum Gasteiger partial charge on any atom is 0.389 e. The van der Waals surface area contributed by atoms with Gasteiger partial charge in [-0.05, 0) is 5.92 Å². The molecule has 2 N–H and O–H groups in total. The smallest absolute Gasteiger partial charge is 0.326 e. The highest BCUT2D eigenvalue weighted by Gasteiger charge is 2.41. The third kappa shape index (κ3) is 3.10. The summed E-state index contributed by atoms with van der Waals surface area (Å²) in [4.78, 5) is 21.8. The summed E-state index contributed by atoms with van der Waals surface area (Å²) in [5.74, 6) is -1.59. The molecule has 2 atom stereocenters. The number of urea groups is 1. The Balaban J connectivity index is 2.67. The predicted octanol–water partition coefficient (Wildman–Crippen LogP) is 1.17. The van der Waals surface area contributed by atoms with E-state index in [1.54, 1.807) is 6.92 Å². The van der Waals surface area contributed by atoms with Gasteiger partial charge in [0.15, 0.2) is 0 Å². The molecule has 7 heteroatoms. The van der Waals surface area contributed by atoms with Crippen LogP contribution in [0, 0.1) is 5.92 Å². The van der Waals surface area contributed by atoms with Crippen LogP contribution in [-0.2, 0) is 4.79 Å². The third-order valence-corrected chi connectivity index (χ3v) is 2.30. The number of carbonyl (C=O) groups excluding carboxylic acids is 2. The summed E-state index contributed by atoms with van der Waals surface area (Å²) in [7, 11) is 0. The van der Waals surface area contributed by atoms with Crippen molar-refractivity contribution in [3.05, 3.63) is 0 Å². The molecule has 3 amide bonds. The van der Waals surface area contributed by atoms with Gasteiger partial charge in [0, 0.05) is 6.42 Å². The molecular weight excluding hydrogens is 213 g/mol. The second-order valence-electron chi connectivity index (χ2n) is 3.43. The maximum absolute atomic E-state index is 12.1. The van der Waals surface area contributed by atoms with E-state index in [0.717, 1.165) is 0 Å². The molecular formula is C8H11F3N2O2. The Morgan fingerprint density at radius 2 is 2.00 bits per heavy atom. The first-order valence-electron chi connectivity index (χ1n) is 4.51. The van der Waals surface area contributed by atoms with Crippen LogP contribution in [0.1, 0.15) is 19.8 Å². The Kier molecular flexibility index (Phi) is 3.21. The largest absolute Gasteiger partial charge is 0.389 e. The van der Waals surface area contributed by atoms with Crippen molar-refractivity contribution >= 4 is 11.9 Å². The molecule has 86 valence electrons. The number of hydrogen-bond acceptors (Lipinski definition) is 2. The molecule has 1 heterocycles. The molecule has 1 rings (SSSR count). The van der Waals surface area contributed by atoms with Crippen molar-refractivity contribution in [1.82, 2.24) is 10.6 Å². The first kappa shape index (κ1) is 11.8. The number of rotatable bonds is 3. The number of hydrogen-bond donors (Lipinski definition) is 2. The van der Waals surface area contributed by atoms with Crippen molar-refractivity contribution in [1.29, 1.82) is 0 Å².